The summed E-state index contributed by atoms with van der Waals surface area (Å²) in [5.41, 5.74) is 0. The van der Waals surface area contributed by atoms with Crippen LogP contribution >= 0.6 is 7.60 Å². The van der Waals surface area contributed by atoms with Gasteiger partial charge in [0.25, 0.3) is 0 Å². The maximum absolute atomic E-state index is 10.5. The van der Waals surface area contributed by atoms with Crippen LogP contribution < -0.4 is 5.30 Å². The molecule has 0 heterocycles. The second kappa shape index (κ2) is 9.68. The maximum atomic E-state index is 10.5. The van der Waals surface area contributed by atoms with Gasteiger partial charge in [0.1, 0.15) is 0 Å². The number of hydrogen-bond donors (Lipinski definition) is 4. The van der Waals surface area contributed by atoms with E-state index in [9.17, 15) is 4.57 Å². The number of benzene rings is 1. The average molecular weight is 244 g/mol. The Hall–Kier alpha value is -1.87. The second-order valence-electron chi connectivity index (χ2n) is 2.08. The van der Waals surface area contributed by atoms with Gasteiger partial charge in [0.15, 0.2) is 0 Å². The van der Waals surface area contributed by atoms with Crippen molar-refractivity contribution in [1.82, 2.24) is 0 Å². The van der Waals surface area contributed by atoms with Crippen molar-refractivity contribution in [2.45, 2.75) is 0 Å². The summed E-state index contributed by atoms with van der Waals surface area (Å²) in [4.78, 5) is 33.9. The maximum Gasteiger partial charge on any atom is 0.356 e. The van der Waals surface area contributed by atoms with Gasteiger partial charge in [-0.25, -0.2) is 20.4 Å². The molecule has 8 heteroatoms. The molecule has 0 aliphatic heterocycles. The van der Waals surface area contributed by atoms with E-state index in [1.54, 1.807) is 18.2 Å². The molecule has 0 unspecified atom stereocenters. The van der Waals surface area contributed by atoms with E-state index in [4.69, 9.17) is 30.2 Å². The Labute approximate surface area is 90.9 Å². The highest BCUT2D eigenvalue weighted by atomic mass is 31.2. The van der Waals surface area contributed by atoms with Gasteiger partial charge in [-0.2, -0.15) is 0 Å². The molecule has 0 atom stereocenters. The van der Waals surface area contributed by atoms with Crippen molar-refractivity contribution in [2.24, 2.45) is 0 Å². The first-order valence-electron chi connectivity index (χ1n) is 3.63. The molecule has 0 aromatic heterocycles. The Kier molecular flexibility index (Phi) is 10.0. The fraction of sp³-hybridized carbons (Fsp3) is 0. The van der Waals surface area contributed by atoms with Crippen LogP contribution in [0.2, 0.25) is 0 Å². The molecule has 0 aliphatic carbocycles. The molecular formula is C8H9N2O5P. The normalized spacial score (nSPS) is 8.12. The van der Waals surface area contributed by atoms with Crippen molar-refractivity contribution in [2.75, 3.05) is 0 Å². The molecule has 0 bridgehead atoms. The van der Waals surface area contributed by atoms with Crippen molar-refractivity contribution >= 4 is 25.1 Å². The number of rotatable bonds is 1. The quantitative estimate of drug-likeness (QED) is 0.319. The highest BCUT2D eigenvalue weighted by molar-refractivity contribution is 7.60. The lowest BCUT2D eigenvalue weighted by atomic mass is 10.4. The summed E-state index contributed by atoms with van der Waals surface area (Å²) < 4.78 is 10.5. The first-order chi connectivity index (χ1) is 7.43. The van der Waals surface area contributed by atoms with Crippen LogP contribution in [0.4, 0.5) is 0 Å². The third kappa shape index (κ3) is 10.2. The SMILES string of the molecule is N=C=O.N=C=O.O=P(O)(O)c1ccccc1. The van der Waals surface area contributed by atoms with Crippen LogP contribution in [0.3, 0.4) is 0 Å². The molecule has 1 rings (SSSR count). The van der Waals surface area contributed by atoms with Crippen LogP contribution in [-0.4, -0.2) is 21.9 Å². The molecule has 0 saturated carbocycles. The largest absolute Gasteiger partial charge is 0.356 e. The lowest BCUT2D eigenvalue weighted by molar-refractivity contribution is 0.387. The zero-order chi connectivity index (χ0) is 13.0. The second-order valence-corrected chi connectivity index (χ2v) is 3.69. The summed E-state index contributed by atoms with van der Waals surface area (Å²) in [6.45, 7) is 0. The highest BCUT2D eigenvalue weighted by Gasteiger charge is 2.14. The van der Waals surface area contributed by atoms with E-state index in [1.165, 1.54) is 12.1 Å². The van der Waals surface area contributed by atoms with Crippen molar-refractivity contribution in [3.8, 4) is 0 Å². The van der Waals surface area contributed by atoms with E-state index >= 15 is 0 Å². The van der Waals surface area contributed by atoms with Gasteiger partial charge in [-0.05, 0) is 12.1 Å². The predicted molar refractivity (Wildman–Crippen MR) is 54.9 cm³/mol. The molecule has 7 nitrogen and oxygen atoms in total. The summed E-state index contributed by atoms with van der Waals surface area (Å²) in [7, 11) is -4.02. The van der Waals surface area contributed by atoms with Gasteiger partial charge in [0, 0.05) is 0 Å². The number of isocyanates is 2. The van der Waals surface area contributed by atoms with Gasteiger partial charge < -0.3 is 9.79 Å². The molecule has 86 valence electrons. The van der Waals surface area contributed by atoms with Crippen LogP contribution in [0.25, 0.3) is 0 Å². The van der Waals surface area contributed by atoms with E-state index in [0.717, 1.165) is 12.2 Å². The zero-order valence-corrected chi connectivity index (χ0v) is 8.85. The lowest BCUT2D eigenvalue weighted by Crippen LogP contribution is -2.01. The van der Waals surface area contributed by atoms with Gasteiger partial charge in [0.05, 0.1) is 5.30 Å². The van der Waals surface area contributed by atoms with E-state index in [-0.39, 0.29) is 5.30 Å². The topological polar surface area (TPSA) is 139 Å². The van der Waals surface area contributed by atoms with Crippen LogP contribution in [0.1, 0.15) is 0 Å². The summed E-state index contributed by atoms with van der Waals surface area (Å²) in [5, 5.41) is 10.9. The van der Waals surface area contributed by atoms with E-state index in [2.05, 4.69) is 0 Å². The molecule has 0 amide bonds. The van der Waals surface area contributed by atoms with Crippen molar-refractivity contribution < 1.29 is 23.9 Å². The Bertz CT molecular complexity index is 390. The van der Waals surface area contributed by atoms with Crippen molar-refractivity contribution in [1.29, 1.82) is 10.8 Å². The van der Waals surface area contributed by atoms with Crippen molar-refractivity contribution in [3.05, 3.63) is 30.3 Å². The monoisotopic (exact) mass is 244 g/mol. The fourth-order valence-electron chi connectivity index (χ4n) is 0.622. The standard InChI is InChI=1S/C6H7O3P.2CHNO/c7-10(8,9)6-4-2-1-3-5-6;2*2-1-3/h1-5H,(H2,7,8,9);2*2H. The van der Waals surface area contributed by atoms with E-state index in [1.807, 2.05) is 0 Å². The Morgan fingerprint density at radius 3 is 1.50 bits per heavy atom. The summed E-state index contributed by atoms with van der Waals surface area (Å²) in [5.74, 6) is 0. The van der Waals surface area contributed by atoms with Gasteiger partial charge in [-0.15, -0.1) is 0 Å². The van der Waals surface area contributed by atoms with Gasteiger partial charge in [-0.3, -0.25) is 4.57 Å². The van der Waals surface area contributed by atoms with E-state index in [0.29, 0.717) is 0 Å². The number of carbonyl (C=O) groups excluding carboxylic acids is 2. The summed E-state index contributed by atoms with van der Waals surface area (Å²) >= 11 is 0. The molecule has 16 heavy (non-hydrogen) atoms. The van der Waals surface area contributed by atoms with Crippen LogP contribution in [-0.2, 0) is 14.2 Å². The van der Waals surface area contributed by atoms with Crippen LogP contribution in [0.5, 0.6) is 0 Å². The molecule has 1 aromatic carbocycles. The molecular weight excluding hydrogens is 235 g/mol. The van der Waals surface area contributed by atoms with Crippen LogP contribution in [0.15, 0.2) is 30.3 Å². The summed E-state index contributed by atoms with van der Waals surface area (Å²) in [6, 6.07) is 7.70. The molecule has 0 radical (unpaired) electrons. The first-order valence-corrected chi connectivity index (χ1v) is 5.24. The molecule has 0 saturated heterocycles. The molecule has 0 spiro atoms. The smallest absolute Gasteiger partial charge is 0.321 e. The van der Waals surface area contributed by atoms with E-state index < -0.39 is 7.60 Å². The third-order valence-electron chi connectivity index (χ3n) is 1.09. The average Bonchev–Trinajstić information content (AvgIpc) is 2.20. The lowest BCUT2D eigenvalue weighted by Gasteiger charge is -2.00. The van der Waals surface area contributed by atoms with Crippen molar-refractivity contribution in [3.63, 3.8) is 0 Å². The first kappa shape index (κ1) is 16.6. The Morgan fingerprint density at radius 2 is 1.31 bits per heavy atom. The molecule has 0 aliphatic rings. The highest BCUT2D eigenvalue weighted by Crippen LogP contribution is 2.32. The minimum Gasteiger partial charge on any atom is -0.321 e. The Morgan fingerprint density at radius 1 is 1.00 bits per heavy atom. The third-order valence-corrected chi connectivity index (χ3v) is 2.06. The predicted octanol–water partition coefficient (Wildman–Crippen LogP) is 0.292. The van der Waals surface area contributed by atoms with Gasteiger partial charge in [0.2, 0.25) is 12.2 Å². The summed E-state index contributed by atoms with van der Waals surface area (Å²) in [6.07, 6.45) is 1.50. The van der Waals surface area contributed by atoms with Gasteiger partial charge >= 0.3 is 7.60 Å². The fourth-order valence-corrected chi connectivity index (χ4v) is 1.18. The van der Waals surface area contributed by atoms with Gasteiger partial charge in [-0.1, -0.05) is 18.2 Å². The zero-order valence-electron chi connectivity index (χ0n) is 7.95. The minimum atomic E-state index is -4.02. The number of nitrogens with one attached hydrogen (secondary N) is 2. The number of hydrogen-bond acceptors (Lipinski definition) is 5. The molecule has 1 aromatic rings. The Balaban J connectivity index is 0. The molecule has 4 N–H and O–H groups in total. The van der Waals surface area contributed by atoms with Crippen LogP contribution in [0, 0.1) is 10.8 Å². The minimum absolute atomic E-state index is 0.0648. The molecule has 0 fully saturated rings.